The molecule has 0 amide bonds. The number of pyridine rings is 1. The summed E-state index contributed by atoms with van der Waals surface area (Å²) in [7, 11) is 0. The normalized spacial score (nSPS) is 15.8. The Labute approximate surface area is 81.4 Å². The van der Waals surface area contributed by atoms with Crippen LogP contribution in [0.3, 0.4) is 0 Å². The zero-order valence-electron chi connectivity index (χ0n) is 6.89. The lowest BCUT2D eigenvalue weighted by molar-refractivity contribution is 0.962. The summed E-state index contributed by atoms with van der Waals surface area (Å²) >= 11 is 5.69. The summed E-state index contributed by atoms with van der Waals surface area (Å²) in [4.78, 5) is 10.1. The highest BCUT2D eigenvalue weighted by Crippen LogP contribution is 2.14. The first kappa shape index (κ1) is 8.26. The fourth-order valence-electron chi connectivity index (χ4n) is 1.09. The zero-order valence-corrected chi connectivity index (χ0v) is 7.65. The second-order valence-electron chi connectivity index (χ2n) is 2.62. The van der Waals surface area contributed by atoms with Crippen molar-refractivity contribution in [2.45, 2.75) is 0 Å². The van der Waals surface area contributed by atoms with Crippen LogP contribution in [0.1, 0.15) is 0 Å². The number of aromatic nitrogens is 1. The van der Waals surface area contributed by atoms with Crippen molar-refractivity contribution in [1.29, 1.82) is 0 Å². The van der Waals surface area contributed by atoms with Gasteiger partial charge in [-0.05, 0) is 18.2 Å². The van der Waals surface area contributed by atoms with Crippen molar-refractivity contribution in [2.75, 3.05) is 11.6 Å². The molecule has 1 aromatic rings. The van der Waals surface area contributed by atoms with E-state index < -0.39 is 0 Å². The van der Waals surface area contributed by atoms with E-state index in [1.165, 1.54) is 0 Å². The summed E-state index contributed by atoms with van der Waals surface area (Å²) in [6, 6.07) is 3.87. The van der Waals surface area contributed by atoms with Crippen LogP contribution in [-0.4, -0.2) is 16.8 Å². The van der Waals surface area contributed by atoms with Crippen LogP contribution in [0.2, 0.25) is 0 Å². The number of allylic oxidation sites excluding steroid dienone is 1. The third-order valence-corrected chi connectivity index (χ3v) is 1.99. The molecule has 4 heteroatoms. The highest BCUT2D eigenvalue weighted by atomic mass is 35.5. The van der Waals surface area contributed by atoms with Crippen molar-refractivity contribution in [3.8, 4) is 0 Å². The minimum Gasteiger partial charge on any atom is -0.326 e. The Morgan fingerprint density at radius 2 is 2.38 bits per heavy atom. The molecule has 13 heavy (non-hydrogen) atoms. The van der Waals surface area contributed by atoms with Crippen molar-refractivity contribution < 1.29 is 0 Å². The van der Waals surface area contributed by atoms with Crippen LogP contribution >= 0.6 is 11.6 Å². The van der Waals surface area contributed by atoms with E-state index in [0.29, 0.717) is 11.8 Å². The molecule has 0 aromatic carbocycles. The third-order valence-electron chi connectivity index (χ3n) is 1.74. The molecular weight excluding hydrogens is 186 g/mol. The molecule has 0 saturated carbocycles. The monoisotopic (exact) mass is 193 g/mol. The van der Waals surface area contributed by atoms with Gasteiger partial charge in [0.2, 0.25) is 0 Å². The second-order valence-corrected chi connectivity index (χ2v) is 3.01. The van der Waals surface area contributed by atoms with Gasteiger partial charge in [0.15, 0.2) is 0 Å². The van der Waals surface area contributed by atoms with Gasteiger partial charge in [-0.2, -0.15) is 0 Å². The molecule has 66 valence electrons. The predicted molar refractivity (Wildman–Crippen MR) is 54.0 cm³/mol. The number of aliphatic imine (C=N–C) groups is 1. The van der Waals surface area contributed by atoms with Gasteiger partial charge in [0.1, 0.15) is 11.8 Å². The molecule has 1 aromatic heterocycles. The molecule has 0 fully saturated rings. The molecule has 0 N–H and O–H groups in total. The van der Waals surface area contributed by atoms with Gasteiger partial charge in [-0.15, -0.1) is 0 Å². The van der Waals surface area contributed by atoms with Gasteiger partial charge in [-0.25, -0.2) is 0 Å². The quantitative estimate of drug-likeness (QED) is 0.683. The lowest BCUT2D eigenvalue weighted by Crippen LogP contribution is -2.19. The topological polar surface area (TPSA) is 28.5 Å². The van der Waals surface area contributed by atoms with Crippen LogP contribution in [0.5, 0.6) is 0 Å². The Kier molecular flexibility index (Phi) is 2.27. The van der Waals surface area contributed by atoms with E-state index in [2.05, 4.69) is 9.98 Å². The number of hydrogen-bond donors (Lipinski definition) is 0. The van der Waals surface area contributed by atoms with Crippen LogP contribution < -0.4 is 4.90 Å². The Morgan fingerprint density at radius 3 is 3.00 bits per heavy atom. The number of rotatable bonds is 1. The van der Waals surface area contributed by atoms with Crippen molar-refractivity contribution in [3.05, 3.63) is 36.8 Å². The fourth-order valence-corrected chi connectivity index (χ4v) is 1.20. The minimum atomic E-state index is 0.542. The predicted octanol–water partition coefficient (Wildman–Crippen LogP) is 2.01. The minimum absolute atomic E-state index is 0.542. The molecule has 0 unspecified atom stereocenters. The average Bonchev–Trinajstić information content (AvgIpc) is 2.20. The smallest absolute Gasteiger partial charge is 0.127 e. The van der Waals surface area contributed by atoms with Crippen molar-refractivity contribution in [1.82, 2.24) is 4.98 Å². The van der Waals surface area contributed by atoms with E-state index in [9.17, 15) is 0 Å². The van der Waals surface area contributed by atoms with E-state index in [-0.39, 0.29) is 0 Å². The summed E-state index contributed by atoms with van der Waals surface area (Å²) in [5.41, 5.74) is 1.02. The van der Waals surface area contributed by atoms with Crippen molar-refractivity contribution in [3.63, 3.8) is 0 Å². The van der Waals surface area contributed by atoms with E-state index >= 15 is 0 Å². The summed E-state index contributed by atoms with van der Waals surface area (Å²) in [6.07, 6.45) is 7.19. The van der Waals surface area contributed by atoms with Crippen LogP contribution in [0.4, 0.5) is 5.69 Å². The highest BCUT2D eigenvalue weighted by Gasteiger charge is 2.05. The molecule has 0 atom stereocenters. The Balaban J connectivity index is 2.18. The van der Waals surface area contributed by atoms with E-state index in [1.54, 1.807) is 18.5 Å². The standard InChI is InChI=1S/C9H8ClN3/c10-9-3-5-13(7-12-9)8-2-1-4-11-6-8/h1-6H,7H2. The van der Waals surface area contributed by atoms with E-state index in [0.717, 1.165) is 5.69 Å². The van der Waals surface area contributed by atoms with E-state index in [1.807, 2.05) is 23.2 Å². The summed E-state index contributed by atoms with van der Waals surface area (Å²) in [5.74, 6) is 0. The molecule has 3 nitrogen and oxygen atoms in total. The molecule has 0 saturated heterocycles. The Bertz CT molecular complexity index is 345. The maximum absolute atomic E-state index is 5.69. The highest BCUT2D eigenvalue weighted by molar-refractivity contribution is 6.68. The largest absolute Gasteiger partial charge is 0.326 e. The maximum Gasteiger partial charge on any atom is 0.127 e. The number of anilines is 1. The summed E-state index contributed by atoms with van der Waals surface area (Å²) in [5, 5.41) is 0.542. The Hall–Kier alpha value is -1.35. The van der Waals surface area contributed by atoms with Crippen LogP contribution in [0, 0.1) is 0 Å². The molecule has 2 heterocycles. The maximum atomic E-state index is 5.69. The van der Waals surface area contributed by atoms with Gasteiger partial charge in [0.05, 0.1) is 11.9 Å². The first-order valence-electron chi connectivity index (χ1n) is 3.91. The lowest BCUT2D eigenvalue weighted by atomic mass is 10.4. The SMILES string of the molecule is ClC1=NCN(c2cccnc2)C=C1. The van der Waals surface area contributed by atoms with Crippen LogP contribution in [0.15, 0.2) is 41.8 Å². The molecular formula is C9H8ClN3. The zero-order chi connectivity index (χ0) is 9.10. The van der Waals surface area contributed by atoms with Gasteiger partial charge in [-0.3, -0.25) is 9.98 Å². The summed E-state index contributed by atoms with van der Waals surface area (Å²) in [6.45, 7) is 0.557. The van der Waals surface area contributed by atoms with Gasteiger partial charge in [0.25, 0.3) is 0 Å². The van der Waals surface area contributed by atoms with Crippen LogP contribution in [-0.2, 0) is 0 Å². The first-order valence-corrected chi connectivity index (χ1v) is 4.29. The fraction of sp³-hybridized carbons (Fsp3) is 0.111. The Morgan fingerprint density at radius 1 is 1.46 bits per heavy atom. The second kappa shape index (κ2) is 3.58. The molecule has 0 spiro atoms. The molecule has 0 radical (unpaired) electrons. The van der Waals surface area contributed by atoms with Crippen LogP contribution in [0.25, 0.3) is 0 Å². The molecule has 0 aliphatic carbocycles. The molecule has 0 bridgehead atoms. The average molecular weight is 194 g/mol. The molecule has 1 aliphatic rings. The van der Waals surface area contributed by atoms with Gasteiger partial charge in [-0.1, -0.05) is 11.6 Å². The summed E-state index contributed by atoms with van der Waals surface area (Å²) < 4.78 is 0. The third kappa shape index (κ3) is 1.87. The van der Waals surface area contributed by atoms with E-state index in [4.69, 9.17) is 11.6 Å². The number of halogens is 1. The van der Waals surface area contributed by atoms with Gasteiger partial charge < -0.3 is 4.90 Å². The van der Waals surface area contributed by atoms with Gasteiger partial charge >= 0.3 is 0 Å². The van der Waals surface area contributed by atoms with Gasteiger partial charge in [0, 0.05) is 12.4 Å². The number of hydrogen-bond acceptors (Lipinski definition) is 3. The lowest BCUT2D eigenvalue weighted by Gasteiger charge is -2.19. The van der Waals surface area contributed by atoms with Crippen molar-refractivity contribution in [2.24, 2.45) is 4.99 Å². The first-order chi connectivity index (χ1) is 6.36. The number of nitrogens with zero attached hydrogens (tertiary/aromatic N) is 3. The molecule has 2 rings (SSSR count). The molecule has 1 aliphatic heterocycles. The van der Waals surface area contributed by atoms with Crippen molar-refractivity contribution >= 4 is 22.5 Å².